The van der Waals surface area contributed by atoms with Crippen LogP contribution in [0.4, 0.5) is 0 Å². The minimum Gasteiger partial charge on any atom is -0.374 e. The van der Waals surface area contributed by atoms with Crippen molar-refractivity contribution in [2.75, 3.05) is 39.8 Å². The summed E-state index contributed by atoms with van der Waals surface area (Å²) in [4.78, 5) is 5.06. The summed E-state index contributed by atoms with van der Waals surface area (Å²) >= 11 is 0. The fourth-order valence-corrected chi connectivity index (χ4v) is 3.09. The molecule has 0 aromatic carbocycles. The molecule has 4 heteroatoms. The van der Waals surface area contributed by atoms with Gasteiger partial charge < -0.3 is 15.4 Å². The number of rotatable bonds is 4. The summed E-state index contributed by atoms with van der Waals surface area (Å²) in [7, 11) is 2.27. The van der Waals surface area contributed by atoms with Crippen molar-refractivity contribution < 1.29 is 4.74 Å². The summed E-state index contributed by atoms with van der Waals surface area (Å²) in [5, 5.41) is 0. The van der Waals surface area contributed by atoms with Crippen molar-refractivity contribution in [1.29, 1.82) is 0 Å². The fraction of sp³-hybridized carbons (Fsp3) is 1.00. The molecule has 3 atom stereocenters. The molecule has 2 fully saturated rings. The lowest BCUT2D eigenvalue weighted by Crippen LogP contribution is -2.50. The van der Waals surface area contributed by atoms with Crippen LogP contribution in [0.15, 0.2) is 0 Å². The number of hydrogen-bond donors (Lipinski definition) is 1. The van der Waals surface area contributed by atoms with Crippen molar-refractivity contribution in [3.05, 3.63) is 0 Å². The maximum Gasteiger partial charge on any atom is 0.0850 e. The molecule has 0 aromatic rings. The fourth-order valence-electron chi connectivity index (χ4n) is 3.09. The van der Waals surface area contributed by atoms with Crippen LogP contribution in [0.2, 0.25) is 0 Å². The van der Waals surface area contributed by atoms with Crippen LogP contribution in [0, 0.1) is 0 Å². The summed E-state index contributed by atoms with van der Waals surface area (Å²) in [6.45, 7) is 7.43. The Labute approximate surface area is 111 Å². The molecule has 0 amide bonds. The number of morpholine rings is 1. The topological polar surface area (TPSA) is 41.7 Å². The largest absolute Gasteiger partial charge is 0.374 e. The van der Waals surface area contributed by atoms with Gasteiger partial charge in [0.15, 0.2) is 0 Å². The number of hydrogen-bond acceptors (Lipinski definition) is 4. The van der Waals surface area contributed by atoms with Crippen LogP contribution in [-0.2, 0) is 4.74 Å². The Hall–Kier alpha value is -0.160. The van der Waals surface area contributed by atoms with Gasteiger partial charge in [-0.1, -0.05) is 6.42 Å². The van der Waals surface area contributed by atoms with Crippen LogP contribution in [0.5, 0.6) is 0 Å². The van der Waals surface area contributed by atoms with E-state index in [4.69, 9.17) is 10.5 Å². The Balaban J connectivity index is 1.72. The predicted molar refractivity (Wildman–Crippen MR) is 74.7 cm³/mol. The van der Waals surface area contributed by atoms with Crippen LogP contribution in [0.25, 0.3) is 0 Å². The van der Waals surface area contributed by atoms with Gasteiger partial charge in [-0.05, 0) is 46.3 Å². The summed E-state index contributed by atoms with van der Waals surface area (Å²) < 4.78 is 5.71. The zero-order valence-electron chi connectivity index (χ0n) is 12.0. The minimum absolute atomic E-state index is 0.144. The molecule has 2 aliphatic rings. The van der Waals surface area contributed by atoms with Gasteiger partial charge in [0.05, 0.1) is 12.7 Å². The predicted octanol–water partition coefficient (Wildman–Crippen LogP) is 0.909. The summed E-state index contributed by atoms with van der Waals surface area (Å²) in [6, 6.07) is 0.931. The third kappa shape index (κ3) is 3.92. The molecule has 2 rings (SSSR count). The average Bonchev–Trinajstić information content (AvgIpc) is 2.38. The van der Waals surface area contributed by atoms with E-state index in [-0.39, 0.29) is 12.1 Å². The Morgan fingerprint density at radius 2 is 2.17 bits per heavy atom. The van der Waals surface area contributed by atoms with Crippen molar-refractivity contribution in [1.82, 2.24) is 9.80 Å². The van der Waals surface area contributed by atoms with Crippen LogP contribution >= 0.6 is 0 Å². The SMILES string of the molecule is CC(N)C1CN(CCC2CCCCN2C)CCO1. The number of likely N-dealkylation sites (tertiary alicyclic amines) is 1. The van der Waals surface area contributed by atoms with Crippen LogP contribution in [0.3, 0.4) is 0 Å². The summed E-state index contributed by atoms with van der Waals surface area (Å²) in [6.07, 6.45) is 5.67. The normalized spacial score (nSPS) is 33.5. The number of nitrogens with two attached hydrogens (primary N) is 1. The van der Waals surface area contributed by atoms with Gasteiger partial charge in [-0.25, -0.2) is 0 Å². The van der Waals surface area contributed by atoms with Crippen molar-refractivity contribution in [2.45, 2.75) is 50.8 Å². The molecule has 2 heterocycles. The average molecular weight is 255 g/mol. The molecule has 2 aliphatic heterocycles. The van der Waals surface area contributed by atoms with Gasteiger partial charge >= 0.3 is 0 Å². The van der Waals surface area contributed by atoms with Gasteiger partial charge in [0.25, 0.3) is 0 Å². The molecule has 0 saturated carbocycles. The van der Waals surface area contributed by atoms with E-state index < -0.39 is 0 Å². The second kappa shape index (κ2) is 6.85. The number of ether oxygens (including phenoxy) is 1. The molecule has 2 saturated heterocycles. The second-order valence-electron chi connectivity index (χ2n) is 5.99. The lowest BCUT2D eigenvalue weighted by atomic mass is 9.99. The molecule has 4 nitrogen and oxygen atoms in total. The molecule has 0 aromatic heterocycles. The van der Waals surface area contributed by atoms with E-state index in [1.807, 2.05) is 6.92 Å². The van der Waals surface area contributed by atoms with E-state index in [1.165, 1.54) is 38.8 Å². The van der Waals surface area contributed by atoms with E-state index in [2.05, 4.69) is 16.8 Å². The Kier molecular flexibility index (Phi) is 5.42. The molecule has 0 bridgehead atoms. The van der Waals surface area contributed by atoms with E-state index in [1.54, 1.807) is 0 Å². The molecule has 18 heavy (non-hydrogen) atoms. The van der Waals surface area contributed by atoms with Crippen molar-refractivity contribution in [3.8, 4) is 0 Å². The van der Waals surface area contributed by atoms with E-state index >= 15 is 0 Å². The smallest absolute Gasteiger partial charge is 0.0850 e. The van der Waals surface area contributed by atoms with Gasteiger partial charge in [-0.2, -0.15) is 0 Å². The Morgan fingerprint density at radius 1 is 1.33 bits per heavy atom. The van der Waals surface area contributed by atoms with Crippen LogP contribution < -0.4 is 5.73 Å². The first-order valence-corrected chi connectivity index (χ1v) is 7.46. The Bertz CT molecular complexity index is 247. The highest BCUT2D eigenvalue weighted by molar-refractivity contribution is 4.80. The van der Waals surface area contributed by atoms with E-state index in [0.717, 1.165) is 25.7 Å². The highest BCUT2D eigenvalue weighted by Gasteiger charge is 2.25. The minimum atomic E-state index is 0.144. The second-order valence-corrected chi connectivity index (χ2v) is 5.99. The highest BCUT2D eigenvalue weighted by atomic mass is 16.5. The van der Waals surface area contributed by atoms with Gasteiger partial charge in [0, 0.05) is 25.2 Å². The third-order valence-corrected chi connectivity index (χ3v) is 4.46. The van der Waals surface area contributed by atoms with Crippen molar-refractivity contribution >= 4 is 0 Å². The maximum atomic E-state index is 5.93. The van der Waals surface area contributed by atoms with Crippen molar-refractivity contribution in [2.24, 2.45) is 5.73 Å². The molecular weight excluding hydrogens is 226 g/mol. The lowest BCUT2D eigenvalue weighted by molar-refractivity contribution is -0.0398. The molecular formula is C14H29N3O. The number of nitrogens with zero attached hydrogens (tertiary/aromatic N) is 2. The molecule has 0 radical (unpaired) electrons. The van der Waals surface area contributed by atoms with Gasteiger partial charge in [0.2, 0.25) is 0 Å². The highest BCUT2D eigenvalue weighted by Crippen LogP contribution is 2.18. The molecule has 0 aliphatic carbocycles. The van der Waals surface area contributed by atoms with E-state index in [9.17, 15) is 0 Å². The zero-order valence-corrected chi connectivity index (χ0v) is 12.0. The first-order valence-electron chi connectivity index (χ1n) is 7.46. The zero-order chi connectivity index (χ0) is 13.0. The van der Waals surface area contributed by atoms with Gasteiger partial charge in [0.1, 0.15) is 0 Å². The van der Waals surface area contributed by atoms with Gasteiger partial charge in [-0.15, -0.1) is 0 Å². The summed E-state index contributed by atoms with van der Waals surface area (Å²) in [5.74, 6) is 0. The first kappa shape index (κ1) is 14.3. The molecule has 2 N–H and O–H groups in total. The third-order valence-electron chi connectivity index (χ3n) is 4.46. The maximum absolute atomic E-state index is 5.93. The van der Waals surface area contributed by atoms with Gasteiger partial charge in [-0.3, -0.25) is 4.90 Å². The van der Waals surface area contributed by atoms with Crippen molar-refractivity contribution in [3.63, 3.8) is 0 Å². The number of piperidine rings is 1. The first-order chi connectivity index (χ1) is 8.66. The monoisotopic (exact) mass is 255 g/mol. The molecule has 106 valence electrons. The lowest BCUT2D eigenvalue weighted by Gasteiger charge is -2.37. The quantitative estimate of drug-likeness (QED) is 0.811. The van der Waals surface area contributed by atoms with Crippen LogP contribution in [-0.4, -0.2) is 67.8 Å². The molecule has 3 unspecified atom stereocenters. The summed E-state index contributed by atoms with van der Waals surface area (Å²) in [5.41, 5.74) is 5.93. The van der Waals surface area contributed by atoms with Crippen LogP contribution in [0.1, 0.15) is 32.6 Å². The molecule has 0 spiro atoms. The Morgan fingerprint density at radius 3 is 2.89 bits per heavy atom. The standard InChI is InChI=1S/C14H29N3O/c1-12(15)14-11-17(9-10-18-14)8-6-13-5-3-4-7-16(13)2/h12-14H,3-11,15H2,1-2H3. The van der Waals surface area contributed by atoms with E-state index in [0.29, 0.717) is 0 Å².